The van der Waals surface area contributed by atoms with E-state index in [0.717, 1.165) is 0 Å². The standard InChI is InChI=1S/C19H19ClN2O6/c1-21-19(25)22-17(23)15(11-7-5-4-6-8-11)28-18(24)12-9-13(20)16(27-3)14(10-12)26-2/h4-10,15H,1-3H3,(H2,21,22,23,25)/t15-/m1/s1. The van der Waals surface area contributed by atoms with Gasteiger partial charge in [0, 0.05) is 12.6 Å². The average molecular weight is 407 g/mol. The van der Waals surface area contributed by atoms with Crippen LogP contribution in [0.1, 0.15) is 22.0 Å². The Morgan fingerprint density at radius 3 is 2.29 bits per heavy atom. The van der Waals surface area contributed by atoms with Gasteiger partial charge in [0.2, 0.25) is 6.10 Å². The monoisotopic (exact) mass is 406 g/mol. The Morgan fingerprint density at radius 1 is 1.04 bits per heavy atom. The van der Waals surface area contributed by atoms with Gasteiger partial charge in [0.05, 0.1) is 24.8 Å². The van der Waals surface area contributed by atoms with Crippen LogP contribution in [0, 0.1) is 0 Å². The molecule has 148 valence electrons. The van der Waals surface area contributed by atoms with Gasteiger partial charge in [-0.15, -0.1) is 0 Å². The molecule has 2 aromatic carbocycles. The maximum atomic E-state index is 12.7. The van der Waals surface area contributed by atoms with Crippen molar-refractivity contribution in [3.05, 3.63) is 58.6 Å². The first kappa shape index (κ1) is 21.0. The van der Waals surface area contributed by atoms with Gasteiger partial charge in [-0.2, -0.15) is 0 Å². The van der Waals surface area contributed by atoms with Gasteiger partial charge in [-0.25, -0.2) is 9.59 Å². The molecule has 0 aromatic heterocycles. The molecule has 0 aliphatic rings. The lowest BCUT2D eigenvalue weighted by Gasteiger charge is -2.18. The number of rotatable bonds is 6. The normalized spacial score (nSPS) is 11.1. The second kappa shape index (κ2) is 9.61. The van der Waals surface area contributed by atoms with E-state index in [9.17, 15) is 14.4 Å². The Labute approximate surface area is 166 Å². The highest BCUT2D eigenvalue weighted by atomic mass is 35.5. The van der Waals surface area contributed by atoms with Crippen LogP contribution in [0.3, 0.4) is 0 Å². The third kappa shape index (κ3) is 4.92. The fourth-order valence-corrected chi connectivity index (χ4v) is 2.64. The number of urea groups is 1. The lowest BCUT2D eigenvalue weighted by molar-refractivity contribution is -0.129. The highest BCUT2D eigenvalue weighted by Gasteiger charge is 2.27. The molecule has 0 fully saturated rings. The van der Waals surface area contributed by atoms with E-state index in [4.69, 9.17) is 25.8 Å². The Hall–Kier alpha value is -3.26. The summed E-state index contributed by atoms with van der Waals surface area (Å²) in [5, 5.41) is 4.50. The lowest BCUT2D eigenvalue weighted by atomic mass is 10.1. The molecule has 1 atom stereocenters. The summed E-state index contributed by atoms with van der Waals surface area (Å²) in [6, 6.07) is 10.3. The van der Waals surface area contributed by atoms with E-state index in [-0.39, 0.29) is 22.1 Å². The van der Waals surface area contributed by atoms with Crippen LogP contribution in [-0.2, 0) is 9.53 Å². The van der Waals surface area contributed by atoms with Gasteiger partial charge < -0.3 is 19.5 Å². The molecule has 0 saturated carbocycles. The molecule has 28 heavy (non-hydrogen) atoms. The predicted octanol–water partition coefficient (Wildman–Crippen LogP) is 2.71. The molecule has 0 saturated heterocycles. The Kier molecular flexibility index (Phi) is 7.22. The van der Waals surface area contributed by atoms with Gasteiger partial charge in [-0.3, -0.25) is 10.1 Å². The second-order valence-electron chi connectivity index (χ2n) is 5.46. The first-order chi connectivity index (χ1) is 13.4. The van der Waals surface area contributed by atoms with Crippen LogP contribution in [0.5, 0.6) is 11.5 Å². The molecule has 2 N–H and O–H groups in total. The van der Waals surface area contributed by atoms with Gasteiger partial charge in [-0.05, 0) is 12.1 Å². The zero-order valence-electron chi connectivity index (χ0n) is 15.4. The Balaban J connectivity index is 2.33. The molecule has 0 radical (unpaired) electrons. The lowest BCUT2D eigenvalue weighted by Crippen LogP contribution is -2.41. The van der Waals surface area contributed by atoms with Crippen molar-refractivity contribution in [3.63, 3.8) is 0 Å². The minimum Gasteiger partial charge on any atom is -0.493 e. The molecular weight excluding hydrogens is 388 g/mol. The summed E-state index contributed by atoms with van der Waals surface area (Å²) < 4.78 is 15.7. The van der Waals surface area contributed by atoms with Crippen LogP contribution in [0.25, 0.3) is 0 Å². The van der Waals surface area contributed by atoms with Crippen LogP contribution in [0.2, 0.25) is 5.02 Å². The van der Waals surface area contributed by atoms with Crippen LogP contribution in [0.4, 0.5) is 4.79 Å². The summed E-state index contributed by atoms with van der Waals surface area (Å²) in [6.07, 6.45) is -1.35. The maximum Gasteiger partial charge on any atom is 0.339 e. The number of methoxy groups -OCH3 is 2. The molecule has 2 rings (SSSR count). The molecule has 2 aromatic rings. The summed E-state index contributed by atoms with van der Waals surface area (Å²) in [4.78, 5) is 36.6. The van der Waals surface area contributed by atoms with E-state index >= 15 is 0 Å². The van der Waals surface area contributed by atoms with Crippen LogP contribution in [-0.4, -0.2) is 39.2 Å². The van der Waals surface area contributed by atoms with Crippen molar-refractivity contribution in [2.75, 3.05) is 21.3 Å². The SMILES string of the molecule is CNC(=O)NC(=O)[C@H](OC(=O)c1cc(Cl)c(OC)c(OC)c1)c1ccccc1. The minimum absolute atomic E-state index is 0.0522. The highest BCUT2D eigenvalue weighted by Crippen LogP contribution is 2.36. The first-order valence-corrected chi connectivity index (χ1v) is 8.49. The molecule has 0 aliphatic carbocycles. The van der Waals surface area contributed by atoms with Crippen LogP contribution < -0.4 is 20.1 Å². The number of carbonyl (C=O) groups excluding carboxylic acids is 3. The quantitative estimate of drug-likeness (QED) is 0.715. The van der Waals surface area contributed by atoms with E-state index in [1.165, 1.54) is 33.4 Å². The molecule has 0 unspecified atom stereocenters. The summed E-state index contributed by atoms with van der Waals surface area (Å²) >= 11 is 6.12. The fraction of sp³-hybridized carbons (Fsp3) is 0.211. The molecule has 8 nitrogen and oxygen atoms in total. The zero-order valence-corrected chi connectivity index (χ0v) is 16.2. The van der Waals surface area contributed by atoms with Gasteiger partial charge in [-0.1, -0.05) is 41.9 Å². The number of benzene rings is 2. The van der Waals surface area contributed by atoms with Crippen molar-refractivity contribution in [1.82, 2.24) is 10.6 Å². The molecule has 0 aliphatic heterocycles. The number of ether oxygens (including phenoxy) is 3. The highest BCUT2D eigenvalue weighted by molar-refractivity contribution is 6.32. The van der Waals surface area contributed by atoms with Crippen molar-refractivity contribution in [1.29, 1.82) is 0 Å². The van der Waals surface area contributed by atoms with E-state index in [1.807, 2.05) is 0 Å². The summed E-state index contributed by atoms with van der Waals surface area (Å²) in [5.41, 5.74) is 0.445. The second-order valence-corrected chi connectivity index (χ2v) is 5.87. The molecule has 3 amide bonds. The number of nitrogens with one attached hydrogen (secondary N) is 2. The van der Waals surface area contributed by atoms with Gasteiger partial charge >= 0.3 is 12.0 Å². The number of amides is 3. The van der Waals surface area contributed by atoms with Crippen molar-refractivity contribution in [2.24, 2.45) is 0 Å². The van der Waals surface area contributed by atoms with Crippen LogP contribution >= 0.6 is 11.6 Å². The molecular formula is C19H19ClN2O6. The number of imide groups is 1. The smallest absolute Gasteiger partial charge is 0.339 e. The number of carbonyl (C=O) groups is 3. The summed E-state index contributed by atoms with van der Waals surface area (Å²) in [7, 11) is 4.17. The molecule has 0 heterocycles. The first-order valence-electron chi connectivity index (χ1n) is 8.11. The van der Waals surface area contributed by atoms with Crippen molar-refractivity contribution < 1.29 is 28.6 Å². The molecule has 0 spiro atoms. The van der Waals surface area contributed by atoms with Crippen molar-refractivity contribution >= 4 is 29.5 Å². The summed E-state index contributed by atoms with van der Waals surface area (Å²) in [5.74, 6) is -1.14. The van der Waals surface area contributed by atoms with E-state index in [1.54, 1.807) is 30.3 Å². The van der Waals surface area contributed by atoms with Gasteiger partial charge in [0.1, 0.15) is 0 Å². The van der Waals surface area contributed by atoms with Crippen LogP contribution in [0.15, 0.2) is 42.5 Å². The van der Waals surface area contributed by atoms with Gasteiger partial charge in [0.25, 0.3) is 5.91 Å². The van der Waals surface area contributed by atoms with Crippen molar-refractivity contribution in [2.45, 2.75) is 6.10 Å². The Morgan fingerprint density at radius 2 is 1.71 bits per heavy atom. The minimum atomic E-state index is -1.35. The Bertz CT molecular complexity index is 872. The van der Waals surface area contributed by atoms with Crippen molar-refractivity contribution in [3.8, 4) is 11.5 Å². The summed E-state index contributed by atoms with van der Waals surface area (Å²) in [6.45, 7) is 0. The molecule has 9 heteroatoms. The topological polar surface area (TPSA) is 103 Å². The third-order valence-electron chi connectivity index (χ3n) is 3.70. The predicted molar refractivity (Wildman–Crippen MR) is 102 cm³/mol. The number of esters is 1. The average Bonchev–Trinajstić information content (AvgIpc) is 2.71. The van der Waals surface area contributed by atoms with E-state index in [2.05, 4.69) is 10.6 Å². The number of hydrogen-bond acceptors (Lipinski definition) is 6. The number of hydrogen-bond donors (Lipinski definition) is 2. The van der Waals surface area contributed by atoms with Gasteiger partial charge in [0.15, 0.2) is 11.5 Å². The third-order valence-corrected chi connectivity index (χ3v) is 3.98. The fourth-order valence-electron chi connectivity index (χ4n) is 2.35. The number of halogens is 1. The zero-order chi connectivity index (χ0) is 20.7. The van der Waals surface area contributed by atoms with E-state index < -0.39 is 24.0 Å². The largest absolute Gasteiger partial charge is 0.493 e. The maximum absolute atomic E-state index is 12.7. The molecule has 0 bridgehead atoms. The van der Waals surface area contributed by atoms with E-state index in [0.29, 0.717) is 5.56 Å².